The number of hydrogen-bond acceptors (Lipinski definition) is 4. The van der Waals surface area contributed by atoms with E-state index in [1.54, 1.807) is 4.90 Å². The fourth-order valence-electron chi connectivity index (χ4n) is 2.32. The van der Waals surface area contributed by atoms with Gasteiger partial charge >= 0.3 is 11.8 Å². The second-order valence-corrected chi connectivity index (χ2v) is 5.22. The maximum atomic E-state index is 12.1. The van der Waals surface area contributed by atoms with Gasteiger partial charge in [-0.05, 0) is 39.8 Å². The van der Waals surface area contributed by atoms with Gasteiger partial charge in [0.05, 0.1) is 0 Å². The van der Waals surface area contributed by atoms with Crippen molar-refractivity contribution in [1.29, 1.82) is 0 Å². The number of aliphatic hydroxyl groups excluding tert-OH is 1. The molecule has 2 amide bonds. The number of carbonyl (C=O) groups excluding carboxylic acids is 2. The van der Waals surface area contributed by atoms with E-state index in [1.807, 2.05) is 19.0 Å². The van der Waals surface area contributed by atoms with Crippen LogP contribution in [-0.4, -0.2) is 73.1 Å². The Balaban J connectivity index is 2.46. The smallest absolute Gasteiger partial charge is 0.312 e. The normalized spacial score (nSPS) is 19.6. The van der Waals surface area contributed by atoms with E-state index in [4.69, 9.17) is 5.11 Å². The van der Waals surface area contributed by atoms with Crippen molar-refractivity contribution >= 4 is 11.8 Å². The average Bonchev–Trinajstić information content (AvgIpc) is 2.38. The van der Waals surface area contributed by atoms with Crippen molar-refractivity contribution in [3.8, 4) is 0 Å². The molecule has 110 valence electrons. The van der Waals surface area contributed by atoms with Gasteiger partial charge < -0.3 is 20.2 Å². The molecule has 0 radical (unpaired) electrons. The first kappa shape index (κ1) is 15.9. The van der Waals surface area contributed by atoms with Crippen molar-refractivity contribution in [2.45, 2.75) is 31.7 Å². The summed E-state index contributed by atoms with van der Waals surface area (Å²) in [6.07, 6.45) is 3.41. The highest BCUT2D eigenvalue weighted by atomic mass is 16.3. The first-order valence-corrected chi connectivity index (χ1v) is 6.90. The highest BCUT2D eigenvalue weighted by molar-refractivity contribution is 6.35. The van der Waals surface area contributed by atoms with Gasteiger partial charge in [-0.2, -0.15) is 0 Å². The van der Waals surface area contributed by atoms with Gasteiger partial charge in [0.15, 0.2) is 0 Å². The summed E-state index contributed by atoms with van der Waals surface area (Å²) in [4.78, 5) is 27.4. The highest BCUT2D eigenvalue weighted by Crippen LogP contribution is 2.19. The van der Waals surface area contributed by atoms with Crippen LogP contribution >= 0.6 is 0 Å². The van der Waals surface area contributed by atoms with Gasteiger partial charge in [-0.1, -0.05) is 0 Å². The van der Waals surface area contributed by atoms with Gasteiger partial charge in [0.25, 0.3) is 0 Å². The molecule has 1 unspecified atom stereocenters. The molecule has 0 aromatic rings. The van der Waals surface area contributed by atoms with Crippen LogP contribution in [0.1, 0.15) is 25.7 Å². The molecule has 1 rings (SSSR count). The monoisotopic (exact) mass is 271 g/mol. The third-order valence-electron chi connectivity index (χ3n) is 3.39. The Labute approximate surface area is 114 Å². The number of carbonyl (C=O) groups is 2. The number of aliphatic hydroxyl groups is 1. The molecule has 0 aliphatic carbocycles. The lowest BCUT2D eigenvalue weighted by molar-refractivity contribution is -0.148. The summed E-state index contributed by atoms with van der Waals surface area (Å²) in [5.41, 5.74) is 0. The number of nitrogens with one attached hydrogen (secondary N) is 1. The Morgan fingerprint density at radius 3 is 2.74 bits per heavy atom. The third-order valence-corrected chi connectivity index (χ3v) is 3.39. The van der Waals surface area contributed by atoms with Crippen LogP contribution in [0.15, 0.2) is 0 Å². The van der Waals surface area contributed by atoms with Crippen LogP contribution in [0, 0.1) is 0 Å². The number of amides is 2. The van der Waals surface area contributed by atoms with Gasteiger partial charge in [-0.25, -0.2) is 0 Å². The quantitative estimate of drug-likeness (QED) is 0.657. The minimum atomic E-state index is -0.535. The number of nitrogens with zero attached hydrogens (tertiary/aromatic N) is 2. The number of rotatable bonds is 5. The van der Waals surface area contributed by atoms with Crippen molar-refractivity contribution in [1.82, 2.24) is 15.1 Å². The molecular formula is C13H25N3O3. The molecule has 0 saturated carbocycles. The lowest BCUT2D eigenvalue weighted by Gasteiger charge is -2.35. The molecule has 19 heavy (non-hydrogen) atoms. The number of hydrogen-bond donors (Lipinski definition) is 2. The summed E-state index contributed by atoms with van der Waals surface area (Å²) in [6.45, 7) is 1.84. The Kier molecular flexibility index (Phi) is 6.80. The van der Waals surface area contributed by atoms with Crippen LogP contribution in [0.2, 0.25) is 0 Å². The number of piperidine rings is 1. The Morgan fingerprint density at radius 2 is 2.11 bits per heavy atom. The molecule has 1 heterocycles. The molecule has 1 saturated heterocycles. The Morgan fingerprint density at radius 1 is 1.37 bits per heavy atom. The highest BCUT2D eigenvalue weighted by Gasteiger charge is 2.29. The lowest BCUT2D eigenvalue weighted by Crippen LogP contribution is -2.50. The largest absolute Gasteiger partial charge is 0.396 e. The van der Waals surface area contributed by atoms with Crippen molar-refractivity contribution in [2.24, 2.45) is 0 Å². The molecule has 2 N–H and O–H groups in total. The maximum absolute atomic E-state index is 12.1. The van der Waals surface area contributed by atoms with E-state index in [2.05, 4.69) is 5.32 Å². The van der Waals surface area contributed by atoms with E-state index in [1.165, 1.54) is 0 Å². The molecule has 1 atom stereocenters. The maximum Gasteiger partial charge on any atom is 0.312 e. The van der Waals surface area contributed by atoms with Crippen molar-refractivity contribution < 1.29 is 14.7 Å². The summed E-state index contributed by atoms with van der Waals surface area (Å²) in [5, 5.41) is 11.7. The standard InChI is InChI=1S/C13H25N3O3/c1-15(2)9-7-14-12(18)13(19)16-8-4-3-5-11(16)6-10-17/h11,17H,3-10H2,1-2H3,(H,14,18). The second kappa shape index (κ2) is 8.12. The number of likely N-dealkylation sites (tertiary alicyclic amines) is 1. The molecule has 0 aromatic heterocycles. The minimum Gasteiger partial charge on any atom is -0.396 e. The summed E-state index contributed by atoms with van der Waals surface area (Å²) < 4.78 is 0. The van der Waals surface area contributed by atoms with Crippen molar-refractivity contribution in [3.63, 3.8) is 0 Å². The van der Waals surface area contributed by atoms with Crippen LogP contribution in [0.4, 0.5) is 0 Å². The zero-order valence-corrected chi connectivity index (χ0v) is 11.9. The average molecular weight is 271 g/mol. The van der Waals surface area contributed by atoms with E-state index in [-0.39, 0.29) is 12.6 Å². The number of likely N-dealkylation sites (N-methyl/N-ethyl adjacent to an activating group) is 1. The summed E-state index contributed by atoms with van der Waals surface area (Å²) >= 11 is 0. The molecule has 1 fully saturated rings. The van der Waals surface area contributed by atoms with E-state index < -0.39 is 11.8 Å². The first-order valence-electron chi connectivity index (χ1n) is 6.90. The van der Waals surface area contributed by atoms with Crippen molar-refractivity contribution in [3.05, 3.63) is 0 Å². The molecule has 0 spiro atoms. The summed E-state index contributed by atoms with van der Waals surface area (Å²) in [7, 11) is 3.83. The third kappa shape index (κ3) is 5.16. The van der Waals surface area contributed by atoms with Gasteiger partial charge in [0, 0.05) is 32.3 Å². The van der Waals surface area contributed by atoms with Crippen LogP contribution in [0.5, 0.6) is 0 Å². The van der Waals surface area contributed by atoms with E-state index in [0.717, 1.165) is 19.3 Å². The van der Waals surface area contributed by atoms with Crippen LogP contribution < -0.4 is 5.32 Å². The predicted octanol–water partition coefficient (Wildman–Crippen LogP) is -0.572. The molecule has 1 aliphatic heterocycles. The zero-order valence-electron chi connectivity index (χ0n) is 11.9. The van der Waals surface area contributed by atoms with Gasteiger partial charge in [-0.3, -0.25) is 9.59 Å². The fourth-order valence-corrected chi connectivity index (χ4v) is 2.32. The van der Waals surface area contributed by atoms with E-state index in [0.29, 0.717) is 26.1 Å². The SMILES string of the molecule is CN(C)CCNC(=O)C(=O)N1CCCCC1CCO. The van der Waals surface area contributed by atoms with Gasteiger partial charge in [0.2, 0.25) is 0 Å². The molecule has 0 aromatic carbocycles. The fraction of sp³-hybridized carbons (Fsp3) is 0.846. The van der Waals surface area contributed by atoms with E-state index in [9.17, 15) is 9.59 Å². The van der Waals surface area contributed by atoms with Crippen LogP contribution in [-0.2, 0) is 9.59 Å². The lowest BCUT2D eigenvalue weighted by atomic mass is 9.99. The topological polar surface area (TPSA) is 72.9 Å². The van der Waals surface area contributed by atoms with Crippen molar-refractivity contribution in [2.75, 3.05) is 40.3 Å². The molecule has 6 heteroatoms. The zero-order chi connectivity index (χ0) is 14.3. The summed E-state index contributed by atoms with van der Waals surface area (Å²) in [6, 6.07) is 0.00542. The van der Waals surface area contributed by atoms with E-state index >= 15 is 0 Å². The minimum absolute atomic E-state index is 0.00542. The Bertz CT molecular complexity index is 306. The van der Waals surface area contributed by atoms with Crippen LogP contribution in [0.25, 0.3) is 0 Å². The summed E-state index contributed by atoms with van der Waals surface area (Å²) in [5.74, 6) is -0.997. The first-order chi connectivity index (χ1) is 9.06. The Hall–Kier alpha value is -1.14. The second-order valence-electron chi connectivity index (χ2n) is 5.22. The molecule has 0 bridgehead atoms. The van der Waals surface area contributed by atoms with Gasteiger partial charge in [-0.15, -0.1) is 0 Å². The molecular weight excluding hydrogens is 246 g/mol. The molecule has 1 aliphatic rings. The molecule has 6 nitrogen and oxygen atoms in total. The van der Waals surface area contributed by atoms with Gasteiger partial charge in [0.1, 0.15) is 0 Å². The predicted molar refractivity (Wildman–Crippen MR) is 72.6 cm³/mol. The van der Waals surface area contributed by atoms with Crippen LogP contribution in [0.3, 0.4) is 0 Å².